The van der Waals surface area contributed by atoms with Crippen LogP contribution in [0, 0.1) is 10.1 Å². The van der Waals surface area contributed by atoms with E-state index in [0.29, 0.717) is 10.7 Å². The first-order chi connectivity index (χ1) is 10.1. The summed E-state index contributed by atoms with van der Waals surface area (Å²) in [6.45, 7) is 0. The SMILES string of the molecule is O=[N+]([O-])c1ccc2nc(Sc3cccnc3Cl)ccc2c1. The zero-order valence-corrected chi connectivity index (χ0v) is 12.1. The highest BCUT2D eigenvalue weighted by atomic mass is 35.5. The fourth-order valence-electron chi connectivity index (χ4n) is 1.82. The van der Waals surface area contributed by atoms with Crippen molar-refractivity contribution in [3.8, 4) is 0 Å². The summed E-state index contributed by atoms with van der Waals surface area (Å²) in [6.07, 6.45) is 1.62. The monoisotopic (exact) mass is 317 g/mol. The molecule has 3 aromatic rings. The largest absolute Gasteiger partial charge is 0.270 e. The van der Waals surface area contributed by atoms with E-state index in [9.17, 15) is 10.1 Å². The Bertz CT molecular complexity index is 841. The van der Waals surface area contributed by atoms with Gasteiger partial charge in [0.2, 0.25) is 0 Å². The van der Waals surface area contributed by atoms with Crippen molar-refractivity contribution in [1.29, 1.82) is 0 Å². The van der Waals surface area contributed by atoms with Crippen molar-refractivity contribution in [2.75, 3.05) is 0 Å². The molecule has 0 spiro atoms. The molecule has 21 heavy (non-hydrogen) atoms. The predicted molar refractivity (Wildman–Crippen MR) is 81.8 cm³/mol. The van der Waals surface area contributed by atoms with Gasteiger partial charge in [-0.3, -0.25) is 10.1 Å². The molecule has 104 valence electrons. The van der Waals surface area contributed by atoms with E-state index in [4.69, 9.17) is 11.6 Å². The van der Waals surface area contributed by atoms with Gasteiger partial charge >= 0.3 is 0 Å². The molecule has 0 aliphatic heterocycles. The van der Waals surface area contributed by atoms with Gasteiger partial charge in [0.1, 0.15) is 10.2 Å². The molecular formula is C14H8ClN3O2S. The quantitative estimate of drug-likeness (QED) is 0.408. The molecule has 0 saturated heterocycles. The normalized spacial score (nSPS) is 10.7. The summed E-state index contributed by atoms with van der Waals surface area (Å²) in [5, 5.41) is 12.7. The van der Waals surface area contributed by atoms with Crippen LogP contribution in [-0.2, 0) is 0 Å². The van der Waals surface area contributed by atoms with Crippen LogP contribution in [0.2, 0.25) is 5.15 Å². The second kappa shape index (κ2) is 5.67. The average Bonchev–Trinajstić information content (AvgIpc) is 2.49. The summed E-state index contributed by atoms with van der Waals surface area (Å²) >= 11 is 7.41. The van der Waals surface area contributed by atoms with Crippen molar-refractivity contribution in [1.82, 2.24) is 9.97 Å². The van der Waals surface area contributed by atoms with Crippen LogP contribution in [0.3, 0.4) is 0 Å². The van der Waals surface area contributed by atoms with Crippen LogP contribution in [0.4, 0.5) is 5.69 Å². The third-order valence-corrected chi connectivity index (χ3v) is 4.20. The van der Waals surface area contributed by atoms with E-state index >= 15 is 0 Å². The minimum absolute atomic E-state index is 0.0556. The lowest BCUT2D eigenvalue weighted by molar-refractivity contribution is -0.384. The van der Waals surface area contributed by atoms with Gasteiger partial charge in [-0.25, -0.2) is 9.97 Å². The summed E-state index contributed by atoms with van der Waals surface area (Å²) in [5.74, 6) is 0. The molecule has 0 atom stereocenters. The minimum atomic E-state index is -0.419. The molecule has 0 aliphatic rings. The van der Waals surface area contributed by atoms with E-state index in [0.717, 1.165) is 15.3 Å². The number of nitro benzene ring substituents is 1. The van der Waals surface area contributed by atoms with Crippen molar-refractivity contribution in [3.05, 3.63) is 63.9 Å². The highest BCUT2D eigenvalue weighted by Crippen LogP contribution is 2.32. The molecule has 0 saturated carbocycles. The molecule has 7 heteroatoms. The lowest BCUT2D eigenvalue weighted by atomic mass is 10.2. The van der Waals surface area contributed by atoms with Gasteiger partial charge in [-0.05, 0) is 30.3 Å². The number of fused-ring (bicyclic) bond motifs is 1. The van der Waals surface area contributed by atoms with Crippen molar-refractivity contribution in [3.63, 3.8) is 0 Å². The van der Waals surface area contributed by atoms with Crippen molar-refractivity contribution in [2.45, 2.75) is 9.92 Å². The zero-order chi connectivity index (χ0) is 14.8. The molecule has 0 amide bonds. The number of rotatable bonds is 3. The van der Waals surface area contributed by atoms with Gasteiger partial charge in [0.15, 0.2) is 0 Å². The molecule has 0 unspecified atom stereocenters. The number of aromatic nitrogens is 2. The highest BCUT2D eigenvalue weighted by Gasteiger charge is 2.09. The van der Waals surface area contributed by atoms with Gasteiger partial charge < -0.3 is 0 Å². The van der Waals surface area contributed by atoms with Gasteiger partial charge in [0.05, 0.1) is 15.3 Å². The molecule has 0 radical (unpaired) electrons. The van der Waals surface area contributed by atoms with E-state index in [-0.39, 0.29) is 5.69 Å². The highest BCUT2D eigenvalue weighted by molar-refractivity contribution is 7.99. The zero-order valence-electron chi connectivity index (χ0n) is 10.6. The fourth-order valence-corrected chi connectivity index (χ4v) is 2.85. The van der Waals surface area contributed by atoms with Crippen LogP contribution in [0.5, 0.6) is 0 Å². The smallest absolute Gasteiger partial charge is 0.258 e. The standard InChI is InChI=1S/C14H8ClN3O2S/c15-14-12(2-1-7-16-14)21-13-6-3-9-8-10(18(19)20)4-5-11(9)17-13/h1-8H. The number of hydrogen-bond acceptors (Lipinski definition) is 5. The molecule has 3 rings (SSSR count). The Hall–Kier alpha value is -2.18. The number of hydrogen-bond donors (Lipinski definition) is 0. The first-order valence-corrected chi connectivity index (χ1v) is 7.16. The third-order valence-electron chi connectivity index (χ3n) is 2.80. The second-order valence-corrected chi connectivity index (χ2v) is 5.60. The lowest BCUT2D eigenvalue weighted by Crippen LogP contribution is -1.89. The van der Waals surface area contributed by atoms with E-state index in [1.807, 2.05) is 12.1 Å². The number of nitro groups is 1. The van der Waals surface area contributed by atoms with Crippen LogP contribution in [0.15, 0.2) is 58.6 Å². The number of halogens is 1. The molecule has 1 aromatic carbocycles. The van der Waals surface area contributed by atoms with Gasteiger partial charge in [-0.1, -0.05) is 23.4 Å². The van der Waals surface area contributed by atoms with Crippen LogP contribution in [0.25, 0.3) is 10.9 Å². The first-order valence-electron chi connectivity index (χ1n) is 5.97. The third kappa shape index (κ3) is 2.96. The van der Waals surface area contributed by atoms with Gasteiger partial charge in [0, 0.05) is 23.7 Å². The Labute approximate surface area is 129 Å². The van der Waals surface area contributed by atoms with Crippen molar-refractivity contribution < 1.29 is 4.92 Å². The van der Waals surface area contributed by atoms with E-state index in [1.165, 1.54) is 23.9 Å². The minimum Gasteiger partial charge on any atom is -0.258 e. The summed E-state index contributed by atoms with van der Waals surface area (Å²) < 4.78 is 0. The number of non-ortho nitro benzene ring substituents is 1. The second-order valence-electron chi connectivity index (χ2n) is 4.18. The Morgan fingerprint density at radius 1 is 1.19 bits per heavy atom. The maximum absolute atomic E-state index is 10.7. The van der Waals surface area contributed by atoms with Gasteiger partial charge in [-0.2, -0.15) is 0 Å². The molecular weight excluding hydrogens is 310 g/mol. The number of benzene rings is 1. The van der Waals surface area contributed by atoms with Crippen molar-refractivity contribution in [2.24, 2.45) is 0 Å². The Kier molecular flexibility index (Phi) is 3.72. The first kappa shape index (κ1) is 13.8. The summed E-state index contributed by atoms with van der Waals surface area (Å²) in [5.41, 5.74) is 0.755. The molecule has 0 bridgehead atoms. The van der Waals surface area contributed by atoms with Gasteiger partial charge in [0.25, 0.3) is 5.69 Å². The fraction of sp³-hybridized carbons (Fsp3) is 0. The molecule has 0 N–H and O–H groups in total. The molecule has 5 nitrogen and oxygen atoms in total. The maximum atomic E-state index is 10.7. The van der Waals surface area contributed by atoms with E-state index < -0.39 is 4.92 Å². The maximum Gasteiger partial charge on any atom is 0.270 e. The Morgan fingerprint density at radius 2 is 2.05 bits per heavy atom. The predicted octanol–water partition coefficient (Wildman–Crippen LogP) is 4.34. The van der Waals surface area contributed by atoms with Crippen LogP contribution < -0.4 is 0 Å². The van der Waals surface area contributed by atoms with Crippen LogP contribution in [-0.4, -0.2) is 14.9 Å². The van der Waals surface area contributed by atoms with E-state index in [2.05, 4.69) is 9.97 Å². The molecule has 0 fully saturated rings. The topological polar surface area (TPSA) is 68.9 Å². The van der Waals surface area contributed by atoms with Crippen molar-refractivity contribution >= 4 is 40.0 Å². The summed E-state index contributed by atoms with van der Waals surface area (Å²) in [4.78, 5) is 19.6. The van der Waals surface area contributed by atoms with Crippen LogP contribution in [0.1, 0.15) is 0 Å². The van der Waals surface area contributed by atoms with Crippen LogP contribution >= 0.6 is 23.4 Å². The van der Waals surface area contributed by atoms with Gasteiger partial charge in [-0.15, -0.1) is 0 Å². The Morgan fingerprint density at radius 3 is 2.81 bits per heavy atom. The molecule has 2 heterocycles. The Balaban J connectivity index is 1.96. The molecule has 0 aliphatic carbocycles. The molecule has 2 aromatic heterocycles. The number of nitrogens with zero attached hydrogens (tertiary/aromatic N) is 3. The summed E-state index contributed by atoms with van der Waals surface area (Å²) in [6, 6.07) is 11.9. The number of pyridine rings is 2. The summed E-state index contributed by atoms with van der Waals surface area (Å²) in [7, 11) is 0. The average molecular weight is 318 g/mol. The van der Waals surface area contributed by atoms with E-state index in [1.54, 1.807) is 24.4 Å². The lowest BCUT2D eigenvalue weighted by Gasteiger charge is -2.04.